The molecule has 0 heterocycles. The lowest BCUT2D eigenvalue weighted by Gasteiger charge is -2.13. The molecule has 19 heavy (non-hydrogen) atoms. The van der Waals surface area contributed by atoms with Gasteiger partial charge in [0.15, 0.2) is 0 Å². The van der Waals surface area contributed by atoms with Crippen LogP contribution in [0.1, 0.15) is 30.1 Å². The van der Waals surface area contributed by atoms with Crippen molar-refractivity contribution in [1.82, 2.24) is 5.32 Å². The standard InChI is InChI=1S/C12H13ClFNO3S/c1-7(8-2-3-8)15-12(16)10-5-4-9(6-11(10)14)19(13,17)18/h4-8H,2-3H2,1H3,(H,15,16). The normalized spacial score (nSPS) is 17.0. The molecular weight excluding hydrogens is 293 g/mol. The molecule has 1 fully saturated rings. The molecule has 1 aliphatic carbocycles. The number of carbonyl (C=O) groups excluding carboxylic acids is 1. The van der Waals surface area contributed by atoms with Crippen molar-refractivity contribution in [2.45, 2.75) is 30.7 Å². The molecule has 1 unspecified atom stereocenters. The van der Waals surface area contributed by atoms with E-state index in [9.17, 15) is 17.6 Å². The highest BCUT2D eigenvalue weighted by Gasteiger charge is 2.29. The fraction of sp³-hybridized carbons (Fsp3) is 0.417. The Labute approximate surface area is 115 Å². The molecule has 1 aromatic carbocycles. The van der Waals surface area contributed by atoms with Crippen LogP contribution in [0.15, 0.2) is 23.1 Å². The van der Waals surface area contributed by atoms with Crippen LogP contribution in [-0.2, 0) is 9.05 Å². The Kier molecular flexibility index (Phi) is 3.82. The van der Waals surface area contributed by atoms with E-state index < -0.39 is 20.8 Å². The predicted octanol–water partition coefficient (Wildman–Crippen LogP) is 2.28. The maximum Gasteiger partial charge on any atom is 0.261 e. The first-order valence-corrected chi connectivity index (χ1v) is 8.15. The van der Waals surface area contributed by atoms with Gasteiger partial charge in [0.25, 0.3) is 15.0 Å². The first kappa shape index (κ1) is 14.3. The highest BCUT2D eigenvalue weighted by atomic mass is 35.7. The molecule has 0 saturated heterocycles. The molecule has 1 atom stereocenters. The van der Waals surface area contributed by atoms with Gasteiger partial charge in [0.2, 0.25) is 0 Å². The third kappa shape index (κ3) is 3.45. The summed E-state index contributed by atoms with van der Waals surface area (Å²) in [4.78, 5) is 11.5. The zero-order chi connectivity index (χ0) is 14.2. The minimum Gasteiger partial charge on any atom is -0.349 e. The van der Waals surface area contributed by atoms with Gasteiger partial charge in [-0.1, -0.05) is 0 Å². The maximum atomic E-state index is 13.7. The predicted molar refractivity (Wildman–Crippen MR) is 69.1 cm³/mol. The van der Waals surface area contributed by atoms with Crippen molar-refractivity contribution >= 4 is 25.6 Å². The molecule has 4 nitrogen and oxygen atoms in total. The van der Waals surface area contributed by atoms with E-state index in [1.165, 1.54) is 0 Å². The second-order valence-corrected chi connectivity index (χ2v) is 7.25. The number of nitrogens with one attached hydrogen (secondary N) is 1. The highest BCUT2D eigenvalue weighted by molar-refractivity contribution is 8.13. The Morgan fingerprint density at radius 3 is 2.58 bits per heavy atom. The van der Waals surface area contributed by atoms with Gasteiger partial charge in [-0.2, -0.15) is 0 Å². The third-order valence-corrected chi connectivity index (χ3v) is 4.51. The average Bonchev–Trinajstić information content (AvgIpc) is 3.10. The summed E-state index contributed by atoms with van der Waals surface area (Å²) in [6.45, 7) is 1.87. The van der Waals surface area contributed by atoms with Crippen LogP contribution in [0.5, 0.6) is 0 Å². The SMILES string of the molecule is CC(NC(=O)c1ccc(S(=O)(=O)Cl)cc1F)C1CC1. The van der Waals surface area contributed by atoms with Gasteiger partial charge in [-0.25, -0.2) is 12.8 Å². The van der Waals surface area contributed by atoms with Gasteiger partial charge in [0.05, 0.1) is 10.5 Å². The van der Waals surface area contributed by atoms with Crippen LogP contribution >= 0.6 is 10.7 Å². The van der Waals surface area contributed by atoms with Gasteiger partial charge >= 0.3 is 0 Å². The van der Waals surface area contributed by atoms with Crippen LogP contribution in [0.2, 0.25) is 0 Å². The van der Waals surface area contributed by atoms with Crippen molar-refractivity contribution in [1.29, 1.82) is 0 Å². The lowest BCUT2D eigenvalue weighted by molar-refractivity contribution is 0.0931. The molecule has 1 N–H and O–H groups in total. The molecule has 104 valence electrons. The zero-order valence-electron chi connectivity index (χ0n) is 10.2. The van der Waals surface area contributed by atoms with Gasteiger partial charge in [-0.3, -0.25) is 4.79 Å². The van der Waals surface area contributed by atoms with Crippen molar-refractivity contribution in [2.75, 3.05) is 0 Å². The Morgan fingerprint density at radius 2 is 2.11 bits per heavy atom. The minimum absolute atomic E-state index is 0.0108. The smallest absolute Gasteiger partial charge is 0.261 e. The van der Waals surface area contributed by atoms with Crippen molar-refractivity contribution in [3.63, 3.8) is 0 Å². The molecule has 1 saturated carbocycles. The Morgan fingerprint density at radius 1 is 1.47 bits per heavy atom. The summed E-state index contributed by atoms with van der Waals surface area (Å²) < 4.78 is 35.8. The zero-order valence-corrected chi connectivity index (χ0v) is 11.8. The van der Waals surface area contributed by atoms with Gasteiger partial charge in [0.1, 0.15) is 5.82 Å². The van der Waals surface area contributed by atoms with E-state index in [2.05, 4.69) is 5.32 Å². The quantitative estimate of drug-likeness (QED) is 0.868. The summed E-state index contributed by atoms with van der Waals surface area (Å²) in [6.07, 6.45) is 2.13. The Hall–Kier alpha value is -1.14. The first-order chi connectivity index (χ1) is 8.79. The topological polar surface area (TPSA) is 63.2 Å². The van der Waals surface area contributed by atoms with E-state index in [0.29, 0.717) is 5.92 Å². The summed E-state index contributed by atoms with van der Waals surface area (Å²) in [7, 11) is 1.11. The van der Waals surface area contributed by atoms with Crippen molar-refractivity contribution < 1.29 is 17.6 Å². The maximum absolute atomic E-state index is 13.7. The van der Waals surface area contributed by atoms with E-state index in [-0.39, 0.29) is 16.5 Å². The number of halogens is 2. The van der Waals surface area contributed by atoms with E-state index in [1.54, 1.807) is 0 Å². The third-order valence-electron chi connectivity index (χ3n) is 3.15. The molecule has 1 aliphatic rings. The lowest BCUT2D eigenvalue weighted by Crippen LogP contribution is -2.34. The van der Waals surface area contributed by atoms with Crippen LogP contribution < -0.4 is 5.32 Å². The average molecular weight is 306 g/mol. The summed E-state index contributed by atoms with van der Waals surface area (Å²) in [5.41, 5.74) is -0.184. The summed E-state index contributed by atoms with van der Waals surface area (Å²) >= 11 is 0. The molecule has 1 amide bonds. The number of rotatable bonds is 4. The fourth-order valence-electron chi connectivity index (χ4n) is 1.83. The Bertz CT molecular complexity index is 613. The van der Waals surface area contributed by atoms with Crippen LogP contribution in [0.25, 0.3) is 0 Å². The van der Waals surface area contributed by atoms with Crippen LogP contribution in [0.4, 0.5) is 4.39 Å². The molecule has 7 heteroatoms. The van der Waals surface area contributed by atoms with Gasteiger partial charge < -0.3 is 5.32 Å². The number of carbonyl (C=O) groups is 1. The van der Waals surface area contributed by atoms with Gasteiger partial charge in [0, 0.05) is 16.7 Å². The molecule has 0 spiro atoms. The molecule has 0 radical (unpaired) electrons. The van der Waals surface area contributed by atoms with Crippen LogP contribution in [-0.4, -0.2) is 20.4 Å². The van der Waals surface area contributed by atoms with Gasteiger partial charge in [-0.15, -0.1) is 0 Å². The molecule has 0 aliphatic heterocycles. The fourth-order valence-corrected chi connectivity index (χ4v) is 2.59. The van der Waals surface area contributed by atoms with E-state index in [1.807, 2.05) is 6.92 Å². The number of hydrogen-bond acceptors (Lipinski definition) is 3. The number of hydrogen-bond donors (Lipinski definition) is 1. The number of amides is 1. The molecule has 2 rings (SSSR count). The number of benzene rings is 1. The minimum atomic E-state index is -3.99. The highest BCUT2D eigenvalue weighted by Crippen LogP contribution is 2.32. The summed E-state index contributed by atoms with van der Waals surface area (Å²) in [5, 5.41) is 2.70. The second kappa shape index (κ2) is 5.09. The van der Waals surface area contributed by atoms with Crippen molar-refractivity contribution in [2.24, 2.45) is 5.92 Å². The molecule has 1 aromatic rings. The van der Waals surface area contributed by atoms with Gasteiger partial charge in [-0.05, 0) is 43.9 Å². The molecule has 0 aromatic heterocycles. The van der Waals surface area contributed by atoms with Crippen molar-refractivity contribution in [3.05, 3.63) is 29.6 Å². The lowest BCUT2D eigenvalue weighted by atomic mass is 10.1. The Balaban J connectivity index is 2.18. The summed E-state index contributed by atoms with van der Waals surface area (Å²) in [6, 6.07) is 2.98. The van der Waals surface area contributed by atoms with Crippen LogP contribution in [0.3, 0.4) is 0 Å². The first-order valence-electron chi connectivity index (χ1n) is 5.84. The van der Waals surface area contributed by atoms with E-state index in [0.717, 1.165) is 31.0 Å². The molecular formula is C12H13ClFNO3S. The summed E-state index contributed by atoms with van der Waals surface area (Å²) in [5.74, 6) is -0.993. The van der Waals surface area contributed by atoms with E-state index >= 15 is 0 Å². The van der Waals surface area contributed by atoms with Crippen LogP contribution in [0, 0.1) is 11.7 Å². The van der Waals surface area contributed by atoms with Crippen molar-refractivity contribution in [3.8, 4) is 0 Å². The van der Waals surface area contributed by atoms with E-state index in [4.69, 9.17) is 10.7 Å². The second-order valence-electron chi connectivity index (χ2n) is 4.68. The largest absolute Gasteiger partial charge is 0.349 e. The molecule has 0 bridgehead atoms. The monoisotopic (exact) mass is 305 g/mol.